The molecule has 0 unspecified atom stereocenters. The predicted molar refractivity (Wildman–Crippen MR) is 193 cm³/mol. The lowest BCUT2D eigenvalue weighted by atomic mass is 9.98. The monoisotopic (exact) mass is 581 g/mol. The van der Waals surface area contributed by atoms with E-state index in [4.69, 9.17) is 0 Å². The van der Waals surface area contributed by atoms with Crippen molar-refractivity contribution >= 4 is 65.4 Å². The van der Waals surface area contributed by atoms with Crippen molar-refractivity contribution in [3.63, 3.8) is 0 Å². The van der Waals surface area contributed by atoms with Crippen LogP contribution in [0.5, 0.6) is 0 Å². The average molecular weight is 582 g/mol. The molecule has 0 aliphatic rings. The van der Waals surface area contributed by atoms with Crippen LogP contribution in [0.25, 0.3) is 87.7 Å². The normalized spacial score (nSPS) is 12.2. The fourth-order valence-corrected chi connectivity index (χ4v) is 7.95. The maximum atomic E-state index is 2.45. The molecule has 0 radical (unpaired) electrons. The lowest BCUT2D eigenvalue weighted by Crippen LogP contribution is -1.93. The van der Waals surface area contributed by atoms with Crippen LogP contribution in [-0.4, -0.2) is 13.7 Å². The summed E-state index contributed by atoms with van der Waals surface area (Å²) in [6.07, 6.45) is 0. The lowest BCUT2D eigenvalue weighted by molar-refractivity contribution is 0.827. The highest BCUT2D eigenvalue weighted by molar-refractivity contribution is 6.13. The van der Waals surface area contributed by atoms with Gasteiger partial charge in [0.25, 0.3) is 0 Å². The van der Waals surface area contributed by atoms with Gasteiger partial charge in [-0.2, -0.15) is 0 Å². The molecule has 0 saturated carbocycles. The van der Waals surface area contributed by atoms with E-state index in [9.17, 15) is 0 Å². The highest BCUT2D eigenvalue weighted by Gasteiger charge is 2.16. The smallest absolute Gasteiger partial charge is 0.0491 e. The maximum Gasteiger partial charge on any atom is 0.0491 e. The molecule has 0 saturated heterocycles. The Morgan fingerprint density at radius 2 is 0.578 bits per heavy atom. The summed E-state index contributed by atoms with van der Waals surface area (Å²) in [7, 11) is 0. The van der Waals surface area contributed by atoms with E-state index in [2.05, 4.69) is 156 Å². The molecule has 0 N–H and O–H groups in total. The molecule has 9 aromatic rings. The summed E-state index contributed by atoms with van der Waals surface area (Å²) in [5.74, 6) is 0. The fourth-order valence-electron chi connectivity index (χ4n) is 7.95. The molecule has 0 atom stereocenters. The van der Waals surface area contributed by atoms with E-state index in [-0.39, 0.29) is 0 Å². The zero-order chi connectivity index (χ0) is 30.2. The maximum absolute atomic E-state index is 2.45. The minimum Gasteiger partial charge on any atom is -0.341 e. The van der Waals surface area contributed by atoms with Crippen LogP contribution < -0.4 is 0 Å². The number of hydrogen-bond donors (Lipinski definition) is 0. The molecule has 218 valence electrons. The first-order chi connectivity index (χ1) is 22.2. The fraction of sp³-hybridized carbons (Fsp3) is 0.143. The van der Waals surface area contributed by atoms with Crippen LogP contribution in [0.4, 0.5) is 0 Å². The molecule has 45 heavy (non-hydrogen) atoms. The Kier molecular flexibility index (Phi) is 5.73. The SMILES string of the molecule is CCn1c2ccccc2c2cc(-c3ccc4c(c3)c3cc(-c5ccc6c(c5)c5ccccc5n6CC)ccc3n4CC)ccc21. The zero-order valence-electron chi connectivity index (χ0n) is 26.0. The van der Waals surface area contributed by atoms with Crippen LogP contribution in [0, 0.1) is 0 Å². The van der Waals surface area contributed by atoms with Crippen molar-refractivity contribution < 1.29 is 0 Å². The van der Waals surface area contributed by atoms with Gasteiger partial charge in [-0.15, -0.1) is 0 Å². The largest absolute Gasteiger partial charge is 0.341 e. The van der Waals surface area contributed by atoms with Crippen molar-refractivity contribution in [1.82, 2.24) is 13.7 Å². The summed E-state index contributed by atoms with van der Waals surface area (Å²) in [4.78, 5) is 0. The van der Waals surface area contributed by atoms with Crippen molar-refractivity contribution in [3.8, 4) is 22.3 Å². The molecule has 9 rings (SSSR count). The summed E-state index contributed by atoms with van der Waals surface area (Å²) >= 11 is 0. The van der Waals surface area contributed by atoms with Crippen molar-refractivity contribution in [2.45, 2.75) is 40.4 Å². The van der Waals surface area contributed by atoms with E-state index < -0.39 is 0 Å². The molecule has 0 fully saturated rings. The number of hydrogen-bond acceptors (Lipinski definition) is 0. The average Bonchev–Trinajstić information content (AvgIpc) is 3.71. The first kappa shape index (κ1) is 26.2. The third-order valence-electron chi connectivity index (χ3n) is 10.0. The molecule has 0 aliphatic carbocycles. The van der Waals surface area contributed by atoms with Crippen molar-refractivity contribution in [2.75, 3.05) is 0 Å². The Morgan fingerprint density at radius 1 is 0.311 bits per heavy atom. The second-order valence-electron chi connectivity index (χ2n) is 12.2. The third kappa shape index (κ3) is 3.70. The van der Waals surface area contributed by atoms with Crippen LogP contribution in [0.1, 0.15) is 20.8 Å². The lowest BCUT2D eigenvalue weighted by Gasteiger charge is -2.06. The number of aromatic nitrogens is 3. The summed E-state index contributed by atoms with van der Waals surface area (Å²) < 4.78 is 7.30. The summed E-state index contributed by atoms with van der Waals surface area (Å²) in [6, 6.07) is 45.6. The molecular formula is C42H35N3. The van der Waals surface area contributed by atoms with Crippen LogP contribution in [-0.2, 0) is 19.6 Å². The Bertz CT molecular complexity index is 2430. The van der Waals surface area contributed by atoms with Crippen molar-refractivity contribution in [2.24, 2.45) is 0 Å². The number of rotatable bonds is 5. The second-order valence-corrected chi connectivity index (χ2v) is 12.2. The number of aryl methyl sites for hydroxylation is 3. The molecule has 3 heterocycles. The Balaban J connectivity index is 1.23. The van der Waals surface area contributed by atoms with Crippen molar-refractivity contribution in [1.29, 1.82) is 0 Å². The molecule has 0 aliphatic heterocycles. The van der Waals surface area contributed by atoms with E-state index in [1.807, 2.05) is 0 Å². The summed E-state index contributed by atoms with van der Waals surface area (Å²) in [5.41, 5.74) is 12.8. The topological polar surface area (TPSA) is 14.8 Å². The molecule has 0 amide bonds. The number of nitrogens with zero attached hydrogens (tertiary/aromatic N) is 3. The first-order valence-electron chi connectivity index (χ1n) is 16.3. The number of benzene rings is 6. The Hall–Kier alpha value is -5.28. The molecule has 0 spiro atoms. The minimum atomic E-state index is 0.934. The summed E-state index contributed by atoms with van der Waals surface area (Å²) in [5, 5.41) is 7.91. The van der Waals surface area contributed by atoms with Gasteiger partial charge < -0.3 is 13.7 Å². The quantitative estimate of drug-likeness (QED) is 0.192. The molecule has 3 aromatic heterocycles. The molecule has 3 nitrogen and oxygen atoms in total. The van der Waals surface area contributed by atoms with Crippen LogP contribution in [0.15, 0.2) is 121 Å². The highest BCUT2D eigenvalue weighted by atomic mass is 15.0. The van der Waals surface area contributed by atoms with Crippen LogP contribution in [0.2, 0.25) is 0 Å². The van der Waals surface area contributed by atoms with Gasteiger partial charge in [-0.25, -0.2) is 0 Å². The van der Waals surface area contributed by atoms with Gasteiger partial charge in [-0.1, -0.05) is 60.7 Å². The summed E-state index contributed by atoms with van der Waals surface area (Å²) in [6.45, 7) is 9.56. The molecule has 0 bridgehead atoms. The van der Waals surface area contributed by atoms with Gasteiger partial charge in [0.15, 0.2) is 0 Å². The van der Waals surface area contributed by atoms with Gasteiger partial charge in [-0.05, 0) is 104 Å². The van der Waals surface area contributed by atoms with E-state index in [1.54, 1.807) is 0 Å². The predicted octanol–water partition coefficient (Wildman–Crippen LogP) is 11.4. The Morgan fingerprint density at radius 3 is 0.889 bits per heavy atom. The van der Waals surface area contributed by atoms with E-state index in [1.165, 1.54) is 87.7 Å². The van der Waals surface area contributed by atoms with Gasteiger partial charge in [0.05, 0.1) is 0 Å². The number of fused-ring (bicyclic) bond motifs is 9. The number of para-hydroxylation sites is 2. The van der Waals surface area contributed by atoms with Gasteiger partial charge in [0.2, 0.25) is 0 Å². The van der Waals surface area contributed by atoms with Gasteiger partial charge in [0, 0.05) is 85.1 Å². The van der Waals surface area contributed by atoms with Crippen LogP contribution >= 0.6 is 0 Å². The van der Waals surface area contributed by atoms with Gasteiger partial charge >= 0.3 is 0 Å². The minimum absolute atomic E-state index is 0.934. The van der Waals surface area contributed by atoms with Gasteiger partial charge in [0.1, 0.15) is 0 Å². The first-order valence-corrected chi connectivity index (χ1v) is 16.3. The van der Waals surface area contributed by atoms with Crippen LogP contribution in [0.3, 0.4) is 0 Å². The molecule has 3 heteroatoms. The van der Waals surface area contributed by atoms with Crippen molar-refractivity contribution in [3.05, 3.63) is 121 Å². The standard InChI is InChI=1S/C42H35N3/c1-4-43-37-13-9-7-11-31(37)33-23-27(15-19-39(33)43)29-17-21-41-35(25-29)36-26-30(18-22-42(36)45(41)6-3)28-16-20-40-34(24-28)32-12-8-10-14-38(32)44(40)5-2/h7-26H,4-6H2,1-3H3. The van der Waals surface area contributed by atoms with E-state index in [0.29, 0.717) is 0 Å². The van der Waals surface area contributed by atoms with Gasteiger partial charge in [-0.3, -0.25) is 0 Å². The highest BCUT2D eigenvalue weighted by Crippen LogP contribution is 2.39. The Labute approximate surface area is 262 Å². The van der Waals surface area contributed by atoms with E-state index in [0.717, 1.165) is 19.6 Å². The molecule has 6 aromatic carbocycles. The van der Waals surface area contributed by atoms with E-state index >= 15 is 0 Å². The second kappa shape index (κ2) is 9.87. The molecular weight excluding hydrogens is 546 g/mol. The zero-order valence-corrected chi connectivity index (χ0v) is 26.0. The third-order valence-corrected chi connectivity index (χ3v) is 10.0.